The van der Waals surface area contributed by atoms with E-state index in [2.05, 4.69) is 431 Å². The van der Waals surface area contributed by atoms with Gasteiger partial charge in [-0.2, -0.15) is 0 Å². The third-order valence-corrected chi connectivity index (χ3v) is 30.5. The van der Waals surface area contributed by atoms with E-state index in [-0.39, 0.29) is 0 Å². The van der Waals surface area contributed by atoms with Crippen LogP contribution in [-0.2, 0) is 5.41 Å². The molecular weight excluding hydrogens is 1590 g/mol. The monoisotopic (exact) mass is 1660 g/mol. The van der Waals surface area contributed by atoms with Crippen molar-refractivity contribution in [2.24, 2.45) is 0 Å². The Bertz CT molecular complexity index is 8820. The quantitative estimate of drug-likeness (QED) is 0.142. The van der Waals surface area contributed by atoms with Crippen LogP contribution in [0.5, 0.6) is 0 Å². The zero-order valence-corrected chi connectivity index (χ0v) is 70.7. The Morgan fingerprint density at radius 1 is 0.168 bits per heavy atom. The van der Waals surface area contributed by atoms with E-state index in [0.717, 1.165) is 50.3 Å². The fourth-order valence-corrected chi connectivity index (χ4v) is 25.0. The number of hydrogen-bond acceptors (Lipinski definition) is 7. The van der Waals surface area contributed by atoms with Crippen LogP contribution in [0.25, 0.3) is 224 Å². The highest BCUT2D eigenvalue weighted by atomic mass is 32.1. The number of para-hydroxylation sites is 3. The smallest absolute Gasteiger partial charge is 0.0803 e. The highest BCUT2D eigenvalue weighted by Crippen LogP contribution is 2.58. The van der Waals surface area contributed by atoms with Crippen molar-refractivity contribution < 1.29 is 0 Å². The maximum atomic E-state index is 5.32. The van der Waals surface area contributed by atoms with Crippen molar-refractivity contribution in [2.75, 3.05) is 0 Å². The molecule has 125 heavy (non-hydrogen) atoms. The summed E-state index contributed by atoms with van der Waals surface area (Å²) in [6, 6.07) is 156. The minimum Gasteiger partial charge on any atom is -0.247 e. The van der Waals surface area contributed by atoms with Crippen LogP contribution in [0.4, 0.5) is 0 Å². The Hall–Kier alpha value is -14.9. The van der Waals surface area contributed by atoms with Crippen LogP contribution in [0.3, 0.4) is 0 Å². The molecular formula is C118H71N3S4. The minimum atomic E-state index is -0.427. The highest BCUT2D eigenvalue weighted by Gasteiger charge is 2.46. The minimum absolute atomic E-state index is 0.427. The summed E-state index contributed by atoms with van der Waals surface area (Å²) in [7, 11) is 0. The van der Waals surface area contributed by atoms with Crippen molar-refractivity contribution in [2.45, 2.75) is 5.41 Å². The molecule has 7 heteroatoms. The summed E-state index contributed by atoms with van der Waals surface area (Å²) in [6.45, 7) is 0. The van der Waals surface area contributed by atoms with E-state index in [1.807, 2.05) is 45.3 Å². The standard InChI is InChI=1S/C46H29NS.C39H23NS.C33H19NS2/c1-3-16-33(17-4-1)46(34-18-5-2-6-19-34)39-23-10-7-20-35(39)36-27-26-31(29-40(36)46)30-14-13-15-32(28-30)44-43-38-22-9-12-25-42(38)48-45(43)37-21-8-11-24-41(37)47-44;1-2-14-29-27(12-1)28-13-3-4-15-30(28)34-23-25(20-21-31(29)34)24-10-9-11-26(22-24)38-37-33-17-6-8-19-36(33)41-39(37)32-16-5-7-18-35(32)40-38;1-4-16-27-25(12-1)33-30(26-13-3-6-18-29(26)36-33)31(34-27)21-10-7-9-20(19-21)22-14-8-15-24-23-11-2-5-17-28(23)35-32(22)24/h1-29H;1-23H;1-19H. The van der Waals surface area contributed by atoms with Gasteiger partial charge in [-0.3, -0.25) is 0 Å². The van der Waals surface area contributed by atoms with Crippen molar-refractivity contribution in [1.29, 1.82) is 0 Å². The number of nitrogens with zero attached hydrogens (tertiary/aromatic N) is 3. The van der Waals surface area contributed by atoms with E-state index in [0.29, 0.717) is 0 Å². The second kappa shape index (κ2) is 29.7. The first-order valence-corrected chi connectivity index (χ1v) is 45.8. The number of pyridine rings is 3. The topological polar surface area (TPSA) is 38.7 Å². The SMILES string of the molecule is c1cc(-c2ccc3c4ccccc4c4ccccc4c3c2)cc(-c2nc3ccccc3c3sc4ccccc4c23)c1.c1cc(-c2cccc3c2sc2ccccc23)cc(-c2nc3ccccc3c3sc4ccccc4c23)c1.c1ccc(C2(c3ccccc3)c3ccccc3-c3ccc(-c4cccc(-c5nc6ccccc6c6sc7ccccc7c56)c4)cc32)cc1. The van der Waals surface area contributed by atoms with Crippen LogP contribution in [0.2, 0.25) is 0 Å². The zero-order chi connectivity index (χ0) is 82.2. The first-order valence-electron chi connectivity index (χ1n) is 42.5. The molecule has 0 bridgehead atoms. The van der Waals surface area contributed by atoms with E-state index in [4.69, 9.17) is 15.0 Å². The molecule has 0 saturated carbocycles. The lowest BCUT2D eigenvalue weighted by Gasteiger charge is -2.34. The summed E-state index contributed by atoms with van der Waals surface area (Å²) in [5.74, 6) is 0. The van der Waals surface area contributed by atoms with E-state index >= 15 is 0 Å². The van der Waals surface area contributed by atoms with Crippen LogP contribution in [-0.4, -0.2) is 15.0 Å². The molecule has 0 radical (unpaired) electrons. The van der Waals surface area contributed by atoms with Crippen molar-refractivity contribution in [3.8, 4) is 78.3 Å². The number of thiophene rings is 4. The normalized spacial score (nSPS) is 12.4. The average Bonchev–Trinajstić information content (AvgIpc) is 1.54. The number of hydrogen-bond donors (Lipinski definition) is 0. The molecule has 0 amide bonds. The van der Waals surface area contributed by atoms with Gasteiger partial charge in [0.25, 0.3) is 0 Å². The molecule has 7 aromatic heterocycles. The molecule has 0 saturated heterocycles. The molecule has 0 aliphatic heterocycles. The van der Waals surface area contributed by atoms with E-state index in [1.54, 1.807) is 0 Å². The molecule has 1 aliphatic rings. The molecule has 0 spiro atoms. The Balaban J connectivity index is 0.000000104. The third kappa shape index (κ3) is 11.8. The Morgan fingerprint density at radius 3 is 0.968 bits per heavy atom. The first-order chi connectivity index (χ1) is 62.0. The van der Waals surface area contributed by atoms with Crippen LogP contribution in [0.15, 0.2) is 431 Å². The van der Waals surface area contributed by atoms with Crippen LogP contribution >= 0.6 is 45.3 Å². The van der Waals surface area contributed by atoms with E-state index < -0.39 is 5.41 Å². The molecule has 27 rings (SSSR count). The van der Waals surface area contributed by atoms with E-state index in [9.17, 15) is 0 Å². The summed E-state index contributed by atoms with van der Waals surface area (Å²) in [5, 5.41) is 21.7. The Labute approximate surface area is 736 Å². The van der Waals surface area contributed by atoms with Gasteiger partial charge < -0.3 is 0 Å². The van der Waals surface area contributed by atoms with Gasteiger partial charge in [-0.15, -0.1) is 45.3 Å². The van der Waals surface area contributed by atoms with Gasteiger partial charge in [0.1, 0.15) is 0 Å². The fraction of sp³-hybridized carbons (Fsp3) is 0.00847. The van der Waals surface area contributed by atoms with Gasteiger partial charge in [-0.1, -0.05) is 358 Å². The first kappa shape index (κ1) is 72.8. The summed E-state index contributed by atoms with van der Waals surface area (Å²) in [6.07, 6.45) is 0. The predicted octanol–water partition coefficient (Wildman–Crippen LogP) is 34.0. The van der Waals surface area contributed by atoms with Crippen LogP contribution in [0.1, 0.15) is 22.3 Å². The predicted molar refractivity (Wildman–Crippen MR) is 539 cm³/mol. The lowest BCUT2D eigenvalue weighted by molar-refractivity contribution is 0.769. The maximum Gasteiger partial charge on any atom is 0.0803 e. The number of fused-ring (bicyclic) bond motifs is 27. The van der Waals surface area contributed by atoms with Gasteiger partial charge in [0.2, 0.25) is 0 Å². The number of rotatable bonds is 8. The van der Waals surface area contributed by atoms with Gasteiger partial charge in [-0.25, -0.2) is 15.0 Å². The maximum absolute atomic E-state index is 5.32. The van der Waals surface area contributed by atoms with Gasteiger partial charge in [0.15, 0.2) is 0 Å². The number of benzene rings is 19. The average molecular weight is 1660 g/mol. The highest BCUT2D eigenvalue weighted by molar-refractivity contribution is 7.28. The fourth-order valence-electron chi connectivity index (χ4n) is 20.1. The summed E-state index contributed by atoms with van der Waals surface area (Å²) in [4.78, 5) is 15.8. The van der Waals surface area contributed by atoms with Crippen molar-refractivity contribution >= 4 is 191 Å². The molecule has 19 aromatic carbocycles. The largest absolute Gasteiger partial charge is 0.247 e. The molecule has 1 aliphatic carbocycles. The summed E-state index contributed by atoms with van der Waals surface area (Å²) in [5.41, 5.74) is 24.4. The number of aromatic nitrogens is 3. The lowest BCUT2D eigenvalue weighted by atomic mass is 9.67. The van der Waals surface area contributed by atoms with Crippen molar-refractivity contribution in [3.05, 3.63) is 453 Å². The van der Waals surface area contributed by atoms with Gasteiger partial charge in [0.05, 0.1) is 39.0 Å². The molecule has 7 heterocycles. The lowest BCUT2D eigenvalue weighted by Crippen LogP contribution is -2.28. The molecule has 582 valence electrons. The third-order valence-electron chi connectivity index (χ3n) is 25.6. The van der Waals surface area contributed by atoms with Crippen molar-refractivity contribution in [1.82, 2.24) is 15.0 Å². The molecule has 26 aromatic rings. The second-order valence-corrected chi connectivity index (χ2v) is 36.7. The van der Waals surface area contributed by atoms with Crippen LogP contribution < -0.4 is 0 Å². The van der Waals surface area contributed by atoms with Gasteiger partial charge in [-0.05, 0) is 172 Å². The Kier molecular flexibility index (Phi) is 17.3. The van der Waals surface area contributed by atoms with Gasteiger partial charge >= 0.3 is 0 Å². The molecule has 0 N–H and O–H groups in total. The van der Waals surface area contributed by atoms with Crippen molar-refractivity contribution in [3.63, 3.8) is 0 Å². The van der Waals surface area contributed by atoms with Crippen LogP contribution in [0, 0.1) is 0 Å². The molecule has 0 fully saturated rings. The second-order valence-electron chi connectivity index (χ2n) is 32.5. The summed E-state index contributed by atoms with van der Waals surface area (Å²) < 4.78 is 10.5. The molecule has 3 nitrogen and oxygen atoms in total. The summed E-state index contributed by atoms with van der Waals surface area (Å²) >= 11 is 7.47. The van der Waals surface area contributed by atoms with E-state index in [1.165, 1.54) is 196 Å². The van der Waals surface area contributed by atoms with Gasteiger partial charge in [0, 0.05) is 114 Å². The Morgan fingerprint density at radius 2 is 0.480 bits per heavy atom. The zero-order valence-electron chi connectivity index (χ0n) is 67.5. The molecule has 0 atom stereocenters. The molecule has 0 unspecified atom stereocenters.